The van der Waals surface area contributed by atoms with Crippen molar-refractivity contribution in [2.45, 2.75) is 0 Å². The highest BCUT2D eigenvalue weighted by molar-refractivity contribution is 7.82. The molecule has 0 aliphatic carbocycles. The summed E-state index contributed by atoms with van der Waals surface area (Å²) in [5.74, 6) is -0.202. The molecular weight excluding hydrogens is 276 g/mol. The maximum Gasteiger partial charge on any atom is 0.504 e. The van der Waals surface area contributed by atoms with Crippen LogP contribution in [0.3, 0.4) is 0 Å². The van der Waals surface area contributed by atoms with Crippen molar-refractivity contribution in [2.24, 2.45) is 14.1 Å². The van der Waals surface area contributed by atoms with Crippen LogP contribution in [0, 0.1) is 0 Å². The lowest BCUT2D eigenvalue weighted by Crippen LogP contribution is -2.16. The molecule has 0 unspecified atom stereocenters. The van der Waals surface area contributed by atoms with Gasteiger partial charge in [0.1, 0.15) is 0 Å². The van der Waals surface area contributed by atoms with Crippen LogP contribution in [0.25, 0.3) is 0 Å². The molecule has 2 heterocycles. The number of anilines is 2. The van der Waals surface area contributed by atoms with E-state index in [0.717, 1.165) is 0 Å². The first kappa shape index (κ1) is 13.0. The monoisotopic (exact) mass is 288 g/mol. The van der Waals surface area contributed by atoms with E-state index in [-0.39, 0.29) is 23.7 Å². The molecule has 0 amide bonds. The summed E-state index contributed by atoms with van der Waals surface area (Å²) in [5, 5.41) is 0. The molecule has 19 heavy (non-hydrogen) atoms. The van der Waals surface area contributed by atoms with E-state index in [1.165, 1.54) is 21.5 Å². The molecule has 0 aromatic carbocycles. The summed E-state index contributed by atoms with van der Waals surface area (Å²) in [6.07, 6.45) is 2.59. The predicted molar refractivity (Wildman–Crippen MR) is 65.4 cm³/mol. The lowest BCUT2D eigenvalue weighted by Gasteiger charge is -2.02. The van der Waals surface area contributed by atoms with Gasteiger partial charge in [-0.15, -0.1) is 8.42 Å². The Hall–Kier alpha value is -2.43. The van der Waals surface area contributed by atoms with Crippen LogP contribution >= 0.6 is 0 Å². The fraction of sp³-hybridized carbons (Fsp3) is 0.250. The van der Waals surface area contributed by atoms with Gasteiger partial charge in [0.15, 0.2) is 0 Å². The predicted octanol–water partition coefficient (Wildman–Crippen LogP) is -0.979. The molecule has 2 aromatic rings. The molecule has 0 saturated heterocycles. The molecule has 0 aliphatic heterocycles. The molecule has 2 rings (SSSR count). The van der Waals surface area contributed by atoms with Crippen LogP contribution in [0.2, 0.25) is 0 Å². The van der Waals surface area contributed by atoms with E-state index in [0.29, 0.717) is 0 Å². The van der Waals surface area contributed by atoms with Crippen molar-refractivity contribution in [3.05, 3.63) is 12.4 Å². The summed E-state index contributed by atoms with van der Waals surface area (Å²) in [5.41, 5.74) is 10.9. The van der Waals surface area contributed by atoms with Crippen LogP contribution in [0.15, 0.2) is 12.4 Å². The molecule has 0 bridgehead atoms. The quantitative estimate of drug-likeness (QED) is 0.731. The van der Waals surface area contributed by atoms with Crippen LogP contribution < -0.4 is 19.8 Å². The third-order valence-corrected chi connectivity index (χ3v) is 2.91. The zero-order valence-electron chi connectivity index (χ0n) is 10.1. The minimum Gasteiger partial charge on any atom is -0.369 e. The maximum atomic E-state index is 11.6. The van der Waals surface area contributed by atoms with Crippen molar-refractivity contribution in [1.82, 2.24) is 19.1 Å². The largest absolute Gasteiger partial charge is 0.504 e. The van der Waals surface area contributed by atoms with Crippen LogP contribution in [-0.4, -0.2) is 27.5 Å². The number of imidazole rings is 2. The SMILES string of the molecule is Cn1cc(OS(=O)(=O)Oc2cn(C)c(N)n2)nc1N. The number of nitrogen functional groups attached to an aromatic ring is 2. The van der Waals surface area contributed by atoms with Crippen molar-refractivity contribution < 1.29 is 16.8 Å². The van der Waals surface area contributed by atoms with Gasteiger partial charge in [-0.25, -0.2) is 0 Å². The number of hydrogen-bond donors (Lipinski definition) is 2. The van der Waals surface area contributed by atoms with Gasteiger partial charge in [0, 0.05) is 14.1 Å². The second kappa shape index (κ2) is 4.35. The first-order valence-corrected chi connectivity index (χ1v) is 6.32. The number of aromatic nitrogens is 4. The molecule has 0 spiro atoms. The number of hydrogen-bond acceptors (Lipinski definition) is 8. The van der Waals surface area contributed by atoms with E-state index in [9.17, 15) is 8.42 Å². The second-order valence-electron chi connectivity index (χ2n) is 3.67. The molecule has 11 heteroatoms. The Morgan fingerprint density at radius 1 is 1.00 bits per heavy atom. The van der Waals surface area contributed by atoms with Crippen molar-refractivity contribution in [2.75, 3.05) is 11.5 Å². The Labute approximate surface area is 108 Å². The van der Waals surface area contributed by atoms with Crippen LogP contribution in [0.4, 0.5) is 11.9 Å². The first-order chi connectivity index (χ1) is 8.77. The number of nitrogens with zero attached hydrogens (tertiary/aromatic N) is 4. The molecule has 10 nitrogen and oxygen atoms in total. The highest BCUT2D eigenvalue weighted by Crippen LogP contribution is 2.17. The Morgan fingerprint density at radius 2 is 1.37 bits per heavy atom. The molecule has 2 aromatic heterocycles. The molecule has 104 valence electrons. The van der Waals surface area contributed by atoms with Crippen LogP contribution in [0.1, 0.15) is 0 Å². The van der Waals surface area contributed by atoms with Gasteiger partial charge >= 0.3 is 10.4 Å². The van der Waals surface area contributed by atoms with Crippen molar-refractivity contribution >= 4 is 22.3 Å². The third-order valence-electron chi connectivity index (χ3n) is 2.16. The minimum absolute atomic E-state index is 0.104. The standard InChI is InChI=1S/C8H12N6O4S/c1-13-3-5(11-7(13)9)17-19(15,16)18-6-4-14(2)8(10)12-6/h3-4H,1-2H3,(H2,9,11)(H2,10,12). The van der Waals surface area contributed by atoms with Gasteiger partial charge in [0.25, 0.3) is 11.8 Å². The Bertz CT molecular complexity index is 610. The first-order valence-electron chi connectivity index (χ1n) is 4.98. The summed E-state index contributed by atoms with van der Waals surface area (Å²) in [4.78, 5) is 7.34. The normalized spacial score (nSPS) is 11.5. The maximum absolute atomic E-state index is 11.6. The summed E-state index contributed by atoms with van der Waals surface area (Å²) in [7, 11) is -1.19. The van der Waals surface area contributed by atoms with Gasteiger partial charge in [0.05, 0.1) is 12.4 Å². The van der Waals surface area contributed by atoms with E-state index in [1.54, 1.807) is 14.1 Å². The molecule has 0 atom stereocenters. The van der Waals surface area contributed by atoms with E-state index in [1.807, 2.05) is 0 Å². The van der Waals surface area contributed by atoms with E-state index < -0.39 is 10.4 Å². The summed E-state index contributed by atoms with van der Waals surface area (Å²) in [6.45, 7) is 0. The van der Waals surface area contributed by atoms with Gasteiger partial charge in [0.2, 0.25) is 11.9 Å². The van der Waals surface area contributed by atoms with Crippen molar-refractivity contribution in [1.29, 1.82) is 0 Å². The van der Waals surface area contributed by atoms with Gasteiger partial charge in [-0.3, -0.25) is 0 Å². The van der Waals surface area contributed by atoms with E-state index in [2.05, 4.69) is 18.3 Å². The summed E-state index contributed by atoms with van der Waals surface area (Å²) < 4.78 is 35.2. The molecule has 0 radical (unpaired) electrons. The third kappa shape index (κ3) is 2.88. The number of nitrogens with two attached hydrogens (primary N) is 2. The number of aryl methyl sites for hydroxylation is 2. The Balaban J connectivity index is 2.14. The van der Waals surface area contributed by atoms with Crippen LogP contribution in [0.5, 0.6) is 11.8 Å². The highest BCUT2D eigenvalue weighted by atomic mass is 32.3. The van der Waals surface area contributed by atoms with Crippen molar-refractivity contribution in [3.63, 3.8) is 0 Å². The topological polar surface area (TPSA) is 140 Å². The van der Waals surface area contributed by atoms with Gasteiger partial charge in [-0.2, -0.15) is 9.97 Å². The van der Waals surface area contributed by atoms with Crippen LogP contribution in [-0.2, 0) is 24.5 Å². The van der Waals surface area contributed by atoms with E-state index in [4.69, 9.17) is 11.5 Å². The summed E-state index contributed by atoms with van der Waals surface area (Å²) in [6, 6.07) is 0. The van der Waals surface area contributed by atoms with E-state index >= 15 is 0 Å². The average Bonchev–Trinajstić information content (AvgIpc) is 2.70. The fourth-order valence-corrected chi connectivity index (χ4v) is 1.82. The molecule has 0 fully saturated rings. The van der Waals surface area contributed by atoms with Crippen molar-refractivity contribution in [3.8, 4) is 11.8 Å². The zero-order valence-corrected chi connectivity index (χ0v) is 11.0. The lowest BCUT2D eigenvalue weighted by molar-refractivity contribution is 0.382. The highest BCUT2D eigenvalue weighted by Gasteiger charge is 2.20. The average molecular weight is 288 g/mol. The lowest BCUT2D eigenvalue weighted by atomic mass is 10.8. The van der Waals surface area contributed by atoms with Gasteiger partial charge in [-0.05, 0) is 0 Å². The van der Waals surface area contributed by atoms with Gasteiger partial charge < -0.3 is 29.0 Å². The molecule has 0 saturated carbocycles. The Kier molecular flexibility index (Phi) is 2.98. The molecular formula is C8H12N6O4S. The summed E-state index contributed by atoms with van der Waals surface area (Å²) >= 11 is 0. The zero-order chi connectivity index (χ0) is 14.2. The smallest absolute Gasteiger partial charge is 0.369 e. The van der Waals surface area contributed by atoms with Gasteiger partial charge in [-0.1, -0.05) is 0 Å². The second-order valence-corrected chi connectivity index (χ2v) is 4.82. The fourth-order valence-electron chi connectivity index (χ4n) is 1.21. The molecule has 0 aliphatic rings. The number of rotatable bonds is 4. The Morgan fingerprint density at radius 3 is 1.63 bits per heavy atom. The molecule has 4 N–H and O–H groups in total. The minimum atomic E-state index is -4.36.